The summed E-state index contributed by atoms with van der Waals surface area (Å²) < 4.78 is 0. The van der Waals surface area contributed by atoms with Crippen molar-refractivity contribution in [2.24, 2.45) is 0 Å². The van der Waals surface area contributed by atoms with Crippen LogP contribution in [0, 0.1) is 0 Å². The summed E-state index contributed by atoms with van der Waals surface area (Å²) in [5, 5.41) is 14.0. The number of hydrogen-bond donors (Lipinski definition) is 0. The third-order valence-electron chi connectivity index (χ3n) is 7.69. The lowest BCUT2D eigenvalue weighted by Crippen LogP contribution is -2.10. The first-order valence-electron chi connectivity index (χ1n) is 12.3. The van der Waals surface area contributed by atoms with E-state index in [1.807, 2.05) is 11.8 Å². The summed E-state index contributed by atoms with van der Waals surface area (Å²) >= 11 is 1.99. The second-order valence-corrected chi connectivity index (χ2v) is 11.0. The number of thioether (sulfide) groups is 1. The number of benzene rings is 7. The van der Waals surface area contributed by atoms with Gasteiger partial charge >= 0.3 is 0 Å². The van der Waals surface area contributed by atoms with E-state index in [4.69, 9.17) is 0 Å². The summed E-state index contributed by atoms with van der Waals surface area (Å²) in [6.45, 7) is 0. The van der Waals surface area contributed by atoms with Gasteiger partial charge in [-0.25, -0.2) is 0 Å². The van der Waals surface area contributed by atoms with Gasteiger partial charge in [0.2, 0.25) is 0 Å². The van der Waals surface area contributed by atoms with Gasteiger partial charge < -0.3 is 0 Å². The molecule has 0 saturated carbocycles. The minimum absolute atomic E-state index is 0.417. The highest BCUT2D eigenvalue weighted by molar-refractivity contribution is 8.00. The average molecular weight is 463 g/mol. The lowest BCUT2D eigenvalue weighted by Gasteiger charge is -2.23. The quantitative estimate of drug-likeness (QED) is 0.230. The molecule has 0 radical (unpaired) electrons. The van der Waals surface area contributed by atoms with Crippen LogP contribution in [0.15, 0.2) is 114 Å². The molecular weight excluding hydrogens is 440 g/mol. The Bertz CT molecular complexity index is 1900. The number of rotatable bonds is 2. The van der Waals surface area contributed by atoms with Crippen molar-refractivity contribution < 1.29 is 0 Å². The van der Waals surface area contributed by atoms with Crippen LogP contribution in [-0.4, -0.2) is 5.25 Å². The van der Waals surface area contributed by atoms with Crippen LogP contribution in [0.1, 0.15) is 11.1 Å². The van der Waals surface area contributed by atoms with Crippen molar-refractivity contribution >= 4 is 71.7 Å². The maximum Gasteiger partial charge on any atom is 0.0318 e. The van der Waals surface area contributed by atoms with E-state index in [9.17, 15) is 0 Å². The predicted molar refractivity (Wildman–Crippen MR) is 154 cm³/mol. The monoisotopic (exact) mass is 462 g/mol. The Labute approximate surface area is 208 Å². The minimum Gasteiger partial charge on any atom is -0.118 e. The molecule has 1 atom stereocenters. The van der Waals surface area contributed by atoms with E-state index < -0.39 is 0 Å². The average Bonchev–Trinajstić information content (AvgIpc) is 2.92. The van der Waals surface area contributed by atoms with Crippen LogP contribution in [0.5, 0.6) is 0 Å². The predicted octanol–water partition coefficient (Wildman–Crippen LogP) is 9.62. The summed E-state index contributed by atoms with van der Waals surface area (Å²) in [6.07, 6.45) is 5.83. The molecule has 164 valence electrons. The van der Waals surface area contributed by atoms with E-state index in [1.54, 1.807) is 0 Å². The second-order valence-electron chi connectivity index (χ2n) is 9.66. The van der Waals surface area contributed by atoms with Crippen molar-refractivity contribution in [3.05, 3.63) is 120 Å². The molecule has 0 aromatic heterocycles. The molecule has 7 aromatic rings. The van der Waals surface area contributed by atoms with Gasteiger partial charge in [-0.2, -0.15) is 0 Å². The van der Waals surface area contributed by atoms with Crippen molar-refractivity contribution in [3.8, 4) is 0 Å². The zero-order chi connectivity index (χ0) is 22.9. The highest BCUT2D eigenvalue weighted by Gasteiger charge is 2.21. The first-order chi connectivity index (χ1) is 17.3. The molecule has 7 aromatic carbocycles. The van der Waals surface area contributed by atoms with E-state index >= 15 is 0 Å². The molecule has 0 saturated heterocycles. The SMILES string of the molecule is C1=CC(Sc2cc3ccc4cccc5ccc(c2)c3c45)Cc2c1c1ccccc1c1ccccc21. The van der Waals surface area contributed by atoms with Gasteiger partial charge in [-0.15, -0.1) is 11.8 Å². The van der Waals surface area contributed by atoms with Crippen molar-refractivity contribution in [2.75, 3.05) is 0 Å². The van der Waals surface area contributed by atoms with E-state index in [0.29, 0.717) is 5.25 Å². The molecule has 0 fully saturated rings. The second kappa shape index (κ2) is 7.34. The van der Waals surface area contributed by atoms with E-state index in [2.05, 4.69) is 115 Å². The van der Waals surface area contributed by atoms with Crippen LogP contribution < -0.4 is 0 Å². The first kappa shape index (κ1) is 19.5. The van der Waals surface area contributed by atoms with Crippen LogP contribution in [0.2, 0.25) is 0 Å². The highest BCUT2D eigenvalue weighted by atomic mass is 32.2. The molecule has 0 bridgehead atoms. The van der Waals surface area contributed by atoms with Crippen molar-refractivity contribution in [3.63, 3.8) is 0 Å². The fourth-order valence-electron chi connectivity index (χ4n) is 6.17. The van der Waals surface area contributed by atoms with Gasteiger partial charge in [0.15, 0.2) is 0 Å². The molecule has 1 unspecified atom stereocenters. The van der Waals surface area contributed by atoms with Crippen LogP contribution >= 0.6 is 11.8 Å². The maximum absolute atomic E-state index is 2.41. The maximum atomic E-state index is 2.41. The molecule has 1 heteroatoms. The number of fused-ring (bicyclic) bond motifs is 6. The lowest BCUT2D eigenvalue weighted by molar-refractivity contribution is 1.02. The largest absolute Gasteiger partial charge is 0.118 e. The Kier molecular flexibility index (Phi) is 4.09. The molecule has 0 N–H and O–H groups in total. The molecule has 0 aliphatic heterocycles. The van der Waals surface area contributed by atoms with Crippen molar-refractivity contribution in [1.82, 2.24) is 0 Å². The third-order valence-corrected chi connectivity index (χ3v) is 8.83. The van der Waals surface area contributed by atoms with E-state index in [0.717, 1.165) is 6.42 Å². The smallest absolute Gasteiger partial charge is 0.0318 e. The van der Waals surface area contributed by atoms with E-state index in [-0.39, 0.29) is 0 Å². The first-order valence-corrected chi connectivity index (χ1v) is 13.2. The zero-order valence-electron chi connectivity index (χ0n) is 19.2. The molecule has 35 heavy (non-hydrogen) atoms. The van der Waals surface area contributed by atoms with Crippen LogP contribution in [-0.2, 0) is 6.42 Å². The fourth-order valence-corrected chi connectivity index (χ4v) is 7.32. The van der Waals surface area contributed by atoms with Gasteiger partial charge in [0.1, 0.15) is 0 Å². The summed E-state index contributed by atoms with van der Waals surface area (Å²) in [6, 6.07) is 38.3. The minimum atomic E-state index is 0.417. The van der Waals surface area contributed by atoms with Gasteiger partial charge in [-0.3, -0.25) is 0 Å². The summed E-state index contributed by atoms with van der Waals surface area (Å²) in [5.74, 6) is 0. The molecule has 0 heterocycles. The fraction of sp³-hybridized carbons (Fsp3) is 0.0588. The molecule has 0 spiro atoms. The third kappa shape index (κ3) is 2.89. The molecule has 1 aliphatic carbocycles. The molecule has 0 nitrogen and oxygen atoms in total. The van der Waals surface area contributed by atoms with Gasteiger partial charge in [0.05, 0.1) is 0 Å². The molecule has 0 amide bonds. The van der Waals surface area contributed by atoms with Crippen LogP contribution in [0.25, 0.3) is 59.9 Å². The summed E-state index contributed by atoms with van der Waals surface area (Å²) in [5.41, 5.74) is 2.88. The van der Waals surface area contributed by atoms with Gasteiger partial charge in [-0.1, -0.05) is 103 Å². The topological polar surface area (TPSA) is 0 Å². The zero-order valence-corrected chi connectivity index (χ0v) is 20.0. The van der Waals surface area contributed by atoms with E-state index in [1.165, 1.54) is 69.9 Å². The van der Waals surface area contributed by atoms with Crippen LogP contribution in [0.4, 0.5) is 0 Å². The van der Waals surface area contributed by atoms with Gasteiger partial charge in [-0.05, 0) is 83.5 Å². The molecule has 1 aliphatic rings. The molecular formula is C34H22S. The Morgan fingerprint density at radius 2 is 1.11 bits per heavy atom. The number of hydrogen-bond acceptors (Lipinski definition) is 1. The standard InChI is InChI=1S/C34H22S/c1-2-10-29-27(8-1)28-9-3-4-11-30(28)32-20-25(16-17-31(29)32)35-26-18-23-14-12-21-6-5-7-22-13-15-24(19-26)34(23)33(21)22/h1-19,25H,20H2. The molecule has 8 rings (SSSR count). The van der Waals surface area contributed by atoms with Gasteiger partial charge in [0, 0.05) is 10.1 Å². The van der Waals surface area contributed by atoms with Gasteiger partial charge in [0.25, 0.3) is 0 Å². The Balaban J connectivity index is 1.24. The Hall–Kier alpha value is -3.81. The van der Waals surface area contributed by atoms with Crippen molar-refractivity contribution in [1.29, 1.82) is 0 Å². The summed E-state index contributed by atoms with van der Waals surface area (Å²) in [4.78, 5) is 1.35. The lowest BCUT2D eigenvalue weighted by atomic mass is 9.87. The highest BCUT2D eigenvalue weighted by Crippen LogP contribution is 2.42. The van der Waals surface area contributed by atoms with Crippen molar-refractivity contribution in [2.45, 2.75) is 16.6 Å². The normalized spacial score (nSPS) is 15.6. The Morgan fingerprint density at radius 3 is 1.83 bits per heavy atom. The van der Waals surface area contributed by atoms with Crippen LogP contribution in [0.3, 0.4) is 0 Å². The summed E-state index contributed by atoms with van der Waals surface area (Å²) in [7, 11) is 0. The Morgan fingerprint density at radius 1 is 0.543 bits per heavy atom.